The zero-order valence-corrected chi connectivity index (χ0v) is 23.6. The van der Waals surface area contributed by atoms with Crippen molar-refractivity contribution in [2.75, 3.05) is 33.8 Å². The quantitative estimate of drug-likeness (QED) is 0.378. The number of para-hydroxylation sites is 1. The topological polar surface area (TPSA) is 129 Å². The minimum Gasteiger partial charge on any atom is -0.491 e. The van der Waals surface area contributed by atoms with E-state index >= 15 is 0 Å². The van der Waals surface area contributed by atoms with Gasteiger partial charge in [0.25, 0.3) is 5.91 Å². The number of carbonyl (C=O) groups excluding carboxylic acids is 4. The van der Waals surface area contributed by atoms with Crippen LogP contribution in [-0.4, -0.2) is 80.4 Å². The third-order valence-corrected chi connectivity index (χ3v) is 6.40. The zero-order valence-electron chi connectivity index (χ0n) is 23.6. The minimum atomic E-state index is -0.924. The summed E-state index contributed by atoms with van der Waals surface area (Å²) in [4.78, 5) is 54.4. The van der Waals surface area contributed by atoms with E-state index in [1.807, 2.05) is 46.7 Å². The molecule has 10 heteroatoms. The summed E-state index contributed by atoms with van der Waals surface area (Å²) in [5.41, 5.74) is 0.281. The van der Waals surface area contributed by atoms with Gasteiger partial charge >= 0.3 is 0 Å². The Hall–Kier alpha value is -3.14. The monoisotopic (exact) mass is 531 g/mol. The van der Waals surface area contributed by atoms with Crippen molar-refractivity contribution in [2.24, 2.45) is 11.8 Å². The Morgan fingerprint density at radius 1 is 1.08 bits per heavy atom. The highest BCUT2D eigenvalue weighted by atomic mass is 16.5. The molecule has 4 amide bonds. The average Bonchev–Trinajstić information content (AvgIpc) is 2.85. The van der Waals surface area contributed by atoms with E-state index in [4.69, 9.17) is 4.74 Å². The van der Waals surface area contributed by atoms with Crippen LogP contribution >= 0.6 is 0 Å². The molecule has 0 aromatic heterocycles. The molecule has 0 fully saturated rings. The molecule has 2 rings (SSSR count). The lowest BCUT2D eigenvalue weighted by Crippen LogP contribution is -2.53. The SMILES string of the molecule is CC(C)C[C@H]1NC(=O)CC[C@@H](C(=O)NCCCN(C)C)NC(=O)c2ccccc2OC[C@H](C(C)C)NC1=O. The van der Waals surface area contributed by atoms with Crippen molar-refractivity contribution in [2.45, 2.75) is 71.5 Å². The van der Waals surface area contributed by atoms with Gasteiger partial charge in [0, 0.05) is 13.0 Å². The first kappa shape index (κ1) is 31.1. The van der Waals surface area contributed by atoms with Gasteiger partial charge in [0.05, 0.1) is 11.6 Å². The molecular weight excluding hydrogens is 486 g/mol. The van der Waals surface area contributed by atoms with Crippen molar-refractivity contribution >= 4 is 23.6 Å². The van der Waals surface area contributed by atoms with Crippen LogP contribution in [0.4, 0.5) is 0 Å². The van der Waals surface area contributed by atoms with Crippen LogP contribution in [0, 0.1) is 11.8 Å². The second-order valence-electron chi connectivity index (χ2n) is 10.9. The highest BCUT2D eigenvalue weighted by Gasteiger charge is 2.29. The van der Waals surface area contributed by atoms with E-state index in [0.717, 1.165) is 13.0 Å². The van der Waals surface area contributed by atoms with Crippen molar-refractivity contribution in [1.82, 2.24) is 26.2 Å². The lowest BCUT2D eigenvalue weighted by molar-refractivity contribution is -0.130. The molecule has 38 heavy (non-hydrogen) atoms. The number of fused-ring (bicyclic) bond motifs is 1. The predicted molar refractivity (Wildman–Crippen MR) is 147 cm³/mol. The van der Waals surface area contributed by atoms with Crippen LogP contribution in [0.5, 0.6) is 5.75 Å². The van der Waals surface area contributed by atoms with Crippen molar-refractivity contribution in [3.63, 3.8) is 0 Å². The van der Waals surface area contributed by atoms with Crippen LogP contribution in [0.15, 0.2) is 24.3 Å². The van der Waals surface area contributed by atoms with Gasteiger partial charge in [0.2, 0.25) is 17.7 Å². The van der Waals surface area contributed by atoms with Gasteiger partial charge in [0.1, 0.15) is 24.4 Å². The fourth-order valence-corrected chi connectivity index (χ4v) is 4.12. The number of benzene rings is 1. The van der Waals surface area contributed by atoms with Gasteiger partial charge in [-0.15, -0.1) is 0 Å². The third kappa shape index (κ3) is 10.3. The molecule has 0 saturated carbocycles. The molecular formula is C28H45N5O5. The summed E-state index contributed by atoms with van der Waals surface area (Å²) in [5, 5.41) is 11.5. The van der Waals surface area contributed by atoms with E-state index < -0.39 is 18.0 Å². The first-order valence-electron chi connectivity index (χ1n) is 13.5. The zero-order chi connectivity index (χ0) is 28.2. The maximum atomic E-state index is 13.3. The summed E-state index contributed by atoms with van der Waals surface area (Å²) in [6, 6.07) is 4.83. The van der Waals surface area contributed by atoms with Crippen molar-refractivity contribution in [3.05, 3.63) is 29.8 Å². The molecule has 0 aliphatic carbocycles. The molecule has 4 N–H and O–H groups in total. The smallest absolute Gasteiger partial charge is 0.255 e. The Bertz CT molecular complexity index is 949. The lowest BCUT2D eigenvalue weighted by Gasteiger charge is -2.27. The summed E-state index contributed by atoms with van der Waals surface area (Å²) in [6.07, 6.45) is 1.28. The Morgan fingerprint density at radius 2 is 1.79 bits per heavy atom. The maximum absolute atomic E-state index is 13.3. The molecule has 0 saturated heterocycles. The molecule has 0 bridgehead atoms. The molecule has 0 spiro atoms. The van der Waals surface area contributed by atoms with Gasteiger partial charge < -0.3 is 30.9 Å². The lowest BCUT2D eigenvalue weighted by atomic mass is 10.0. The van der Waals surface area contributed by atoms with Gasteiger partial charge in [-0.3, -0.25) is 19.2 Å². The van der Waals surface area contributed by atoms with Gasteiger partial charge in [-0.05, 0) is 63.9 Å². The predicted octanol–water partition coefficient (Wildman–Crippen LogP) is 1.70. The maximum Gasteiger partial charge on any atom is 0.255 e. The number of rotatable bonds is 8. The fraction of sp³-hybridized carbons (Fsp3) is 0.643. The molecule has 0 radical (unpaired) electrons. The summed E-state index contributed by atoms with van der Waals surface area (Å²) in [6.45, 7) is 9.31. The van der Waals surface area contributed by atoms with E-state index in [-0.39, 0.29) is 60.6 Å². The van der Waals surface area contributed by atoms with Crippen LogP contribution in [-0.2, 0) is 14.4 Å². The fourth-order valence-electron chi connectivity index (χ4n) is 4.12. The van der Waals surface area contributed by atoms with Crippen molar-refractivity contribution in [1.29, 1.82) is 0 Å². The standard InChI is InChI=1S/C28H45N5O5/c1-18(2)16-22-28(37)32-23(19(3)4)17-38-24-11-8-7-10-20(24)26(35)31-21(12-13-25(34)30-22)27(36)29-14-9-15-33(5)6/h7-8,10-11,18-19,21-23H,9,12-17H2,1-6H3,(H,29,36)(H,30,34)(H,31,35)(H,32,37)/t21-,22+,23+/m0/s1. The summed E-state index contributed by atoms with van der Waals surface area (Å²) < 4.78 is 6.02. The molecule has 1 aromatic rings. The van der Waals surface area contributed by atoms with Crippen LogP contribution in [0.2, 0.25) is 0 Å². The van der Waals surface area contributed by atoms with Gasteiger partial charge in [0.15, 0.2) is 0 Å². The van der Waals surface area contributed by atoms with Gasteiger partial charge in [-0.2, -0.15) is 0 Å². The number of hydrogen-bond acceptors (Lipinski definition) is 6. The highest BCUT2D eigenvalue weighted by Crippen LogP contribution is 2.20. The van der Waals surface area contributed by atoms with Gasteiger partial charge in [-0.25, -0.2) is 0 Å². The first-order chi connectivity index (χ1) is 18.0. The number of hydrogen-bond donors (Lipinski definition) is 4. The Kier molecular flexibility index (Phi) is 12.5. The Morgan fingerprint density at radius 3 is 2.45 bits per heavy atom. The van der Waals surface area contributed by atoms with E-state index in [0.29, 0.717) is 18.7 Å². The van der Waals surface area contributed by atoms with E-state index in [1.54, 1.807) is 24.3 Å². The van der Waals surface area contributed by atoms with E-state index in [9.17, 15) is 19.2 Å². The van der Waals surface area contributed by atoms with Gasteiger partial charge in [-0.1, -0.05) is 39.8 Å². The molecule has 3 atom stereocenters. The number of amides is 4. The normalized spacial score (nSPS) is 21.5. The number of nitrogens with zero attached hydrogens (tertiary/aromatic N) is 1. The van der Waals surface area contributed by atoms with Crippen LogP contribution in [0.1, 0.15) is 63.7 Å². The molecule has 1 aliphatic heterocycles. The summed E-state index contributed by atoms with van der Waals surface area (Å²) in [5.74, 6) is -0.866. The molecule has 212 valence electrons. The second-order valence-corrected chi connectivity index (χ2v) is 10.9. The molecule has 10 nitrogen and oxygen atoms in total. The summed E-state index contributed by atoms with van der Waals surface area (Å²) in [7, 11) is 3.91. The van der Waals surface area contributed by atoms with Crippen LogP contribution in [0.25, 0.3) is 0 Å². The molecule has 1 aliphatic rings. The first-order valence-corrected chi connectivity index (χ1v) is 13.5. The summed E-state index contributed by atoms with van der Waals surface area (Å²) >= 11 is 0. The highest BCUT2D eigenvalue weighted by molar-refractivity contribution is 5.99. The molecule has 1 heterocycles. The molecule has 0 unspecified atom stereocenters. The van der Waals surface area contributed by atoms with Crippen molar-refractivity contribution in [3.8, 4) is 5.75 Å². The second kappa shape index (κ2) is 15.3. The van der Waals surface area contributed by atoms with Crippen LogP contribution in [0.3, 0.4) is 0 Å². The minimum absolute atomic E-state index is 0.0241. The van der Waals surface area contributed by atoms with E-state index in [2.05, 4.69) is 21.3 Å². The van der Waals surface area contributed by atoms with E-state index in [1.165, 1.54) is 0 Å². The number of nitrogens with one attached hydrogen (secondary N) is 4. The number of carbonyl (C=O) groups is 4. The Labute approximate surface area is 226 Å². The third-order valence-electron chi connectivity index (χ3n) is 6.40. The van der Waals surface area contributed by atoms with Crippen LogP contribution < -0.4 is 26.0 Å². The Balaban J connectivity index is 2.33. The largest absolute Gasteiger partial charge is 0.491 e. The average molecular weight is 532 g/mol. The number of ether oxygens (including phenoxy) is 1. The van der Waals surface area contributed by atoms with Crippen molar-refractivity contribution < 1.29 is 23.9 Å². The molecule has 1 aromatic carbocycles.